The van der Waals surface area contributed by atoms with Gasteiger partial charge in [-0.25, -0.2) is 0 Å². The van der Waals surface area contributed by atoms with Crippen LogP contribution in [-0.2, 0) is 4.79 Å². The first kappa shape index (κ1) is 12.8. The summed E-state index contributed by atoms with van der Waals surface area (Å²) in [5, 5.41) is 2.90. The van der Waals surface area contributed by atoms with E-state index in [4.69, 9.17) is 10.2 Å². The van der Waals surface area contributed by atoms with E-state index < -0.39 is 0 Å². The van der Waals surface area contributed by atoms with E-state index in [1.807, 2.05) is 6.07 Å². The zero-order valence-electron chi connectivity index (χ0n) is 9.90. The van der Waals surface area contributed by atoms with Crippen molar-refractivity contribution in [3.05, 3.63) is 24.2 Å². The van der Waals surface area contributed by atoms with Crippen molar-refractivity contribution >= 4 is 5.91 Å². The summed E-state index contributed by atoms with van der Waals surface area (Å²) in [5.41, 5.74) is 5.51. The summed E-state index contributed by atoms with van der Waals surface area (Å²) < 4.78 is 5.26. The summed E-state index contributed by atoms with van der Waals surface area (Å²) in [6, 6.07) is 3.60. The van der Waals surface area contributed by atoms with Crippen molar-refractivity contribution in [2.75, 3.05) is 13.1 Å². The standard InChI is InChI=1S/C12H20N2O2/c1-9(2)8-14-12(15)10(5-6-13)11-4-3-7-16-11/h3-4,7,9-10H,5-6,8,13H2,1-2H3,(H,14,15). The van der Waals surface area contributed by atoms with Crippen molar-refractivity contribution in [3.8, 4) is 0 Å². The second-order valence-electron chi connectivity index (χ2n) is 4.28. The molecule has 1 atom stereocenters. The molecule has 0 saturated carbocycles. The van der Waals surface area contributed by atoms with Gasteiger partial charge in [-0.15, -0.1) is 0 Å². The average Bonchev–Trinajstić information content (AvgIpc) is 2.75. The second-order valence-corrected chi connectivity index (χ2v) is 4.28. The summed E-state index contributed by atoms with van der Waals surface area (Å²) in [6.07, 6.45) is 2.19. The SMILES string of the molecule is CC(C)CNC(=O)C(CCN)c1ccco1. The Morgan fingerprint density at radius 2 is 2.31 bits per heavy atom. The van der Waals surface area contributed by atoms with E-state index in [0.717, 1.165) is 0 Å². The van der Waals surface area contributed by atoms with Crippen molar-refractivity contribution in [1.82, 2.24) is 5.32 Å². The van der Waals surface area contributed by atoms with Gasteiger partial charge in [0.15, 0.2) is 0 Å². The fraction of sp³-hybridized carbons (Fsp3) is 0.583. The topological polar surface area (TPSA) is 68.3 Å². The molecule has 0 aromatic carbocycles. The molecule has 0 fully saturated rings. The maximum Gasteiger partial charge on any atom is 0.230 e. The van der Waals surface area contributed by atoms with Gasteiger partial charge in [0.1, 0.15) is 5.76 Å². The summed E-state index contributed by atoms with van der Waals surface area (Å²) in [4.78, 5) is 11.9. The summed E-state index contributed by atoms with van der Waals surface area (Å²) >= 11 is 0. The Kier molecular flexibility index (Phi) is 5.05. The lowest BCUT2D eigenvalue weighted by Gasteiger charge is -2.14. The molecule has 3 N–H and O–H groups in total. The fourth-order valence-corrected chi connectivity index (χ4v) is 1.49. The molecule has 4 nitrogen and oxygen atoms in total. The second kappa shape index (κ2) is 6.33. The zero-order chi connectivity index (χ0) is 12.0. The molecule has 90 valence electrons. The highest BCUT2D eigenvalue weighted by atomic mass is 16.3. The van der Waals surface area contributed by atoms with Crippen LogP contribution in [0.4, 0.5) is 0 Å². The van der Waals surface area contributed by atoms with Gasteiger partial charge in [0.05, 0.1) is 12.2 Å². The third kappa shape index (κ3) is 3.70. The van der Waals surface area contributed by atoms with Gasteiger partial charge < -0.3 is 15.5 Å². The Labute approximate surface area is 96.2 Å². The number of carbonyl (C=O) groups excluding carboxylic acids is 1. The van der Waals surface area contributed by atoms with E-state index in [2.05, 4.69) is 19.2 Å². The normalized spacial score (nSPS) is 12.8. The molecule has 1 aromatic heterocycles. The van der Waals surface area contributed by atoms with Crippen LogP contribution in [0.1, 0.15) is 31.9 Å². The minimum Gasteiger partial charge on any atom is -0.469 e. The highest BCUT2D eigenvalue weighted by Crippen LogP contribution is 2.19. The van der Waals surface area contributed by atoms with E-state index in [0.29, 0.717) is 31.2 Å². The highest BCUT2D eigenvalue weighted by molar-refractivity contribution is 5.82. The van der Waals surface area contributed by atoms with Crippen LogP contribution in [0, 0.1) is 5.92 Å². The summed E-state index contributed by atoms with van der Waals surface area (Å²) in [7, 11) is 0. The van der Waals surface area contributed by atoms with Gasteiger partial charge in [-0.3, -0.25) is 4.79 Å². The third-order valence-electron chi connectivity index (χ3n) is 2.34. The lowest BCUT2D eigenvalue weighted by Crippen LogP contribution is -2.33. The molecule has 0 bridgehead atoms. The number of nitrogens with two attached hydrogens (primary N) is 1. The highest BCUT2D eigenvalue weighted by Gasteiger charge is 2.22. The Balaban J connectivity index is 2.60. The number of hydrogen-bond acceptors (Lipinski definition) is 3. The van der Waals surface area contributed by atoms with Crippen LogP contribution in [0.15, 0.2) is 22.8 Å². The Bertz CT molecular complexity index is 307. The number of rotatable bonds is 6. The first-order chi connectivity index (χ1) is 7.65. The van der Waals surface area contributed by atoms with Gasteiger partial charge in [0.25, 0.3) is 0 Å². The van der Waals surface area contributed by atoms with E-state index in [9.17, 15) is 4.79 Å². The van der Waals surface area contributed by atoms with Crippen molar-refractivity contribution < 1.29 is 9.21 Å². The van der Waals surface area contributed by atoms with Gasteiger partial charge >= 0.3 is 0 Å². The molecule has 16 heavy (non-hydrogen) atoms. The van der Waals surface area contributed by atoms with E-state index >= 15 is 0 Å². The van der Waals surface area contributed by atoms with E-state index in [1.165, 1.54) is 0 Å². The Hall–Kier alpha value is -1.29. The van der Waals surface area contributed by atoms with E-state index in [-0.39, 0.29) is 11.8 Å². The molecule has 1 aromatic rings. The Morgan fingerprint density at radius 1 is 1.56 bits per heavy atom. The molecule has 0 aliphatic carbocycles. The average molecular weight is 224 g/mol. The van der Waals surface area contributed by atoms with E-state index in [1.54, 1.807) is 12.3 Å². The van der Waals surface area contributed by atoms with Crippen LogP contribution < -0.4 is 11.1 Å². The molecule has 0 aliphatic rings. The van der Waals surface area contributed by atoms with Crippen LogP contribution in [0.25, 0.3) is 0 Å². The zero-order valence-corrected chi connectivity index (χ0v) is 9.90. The molecular formula is C12H20N2O2. The van der Waals surface area contributed by atoms with Crippen LogP contribution >= 0.6 is 0 Å². The minimum atomic E-state index is -0.265. The van der Waals surface area contributed by atoms with Crippen molar-refractivity contribution in [1.29, 1.82) is 0 Å². The van der Waals surface area contributed by atoms with Crippen molar-refractivity contribution in [2.24, 2.45) is 11.7 Å². The van der Waals surface area contributed by atoms with Gasteiger partial charge in [-0.05, 0) is 31.0 Å². The number of amides is 1. The summed E-state index contributed by atoms with van der Waals surface area (Å²) in [6.45, 7) is 5.28. The summed E-state index contributed by atoms with van der Waals surface area (Å²) in [5.74, 6) is 0.860. The largest absolute Gasteiger partial charge is 0.469 e. The first-order valence-corrected chi connectivity index (χ1v) is 5.66. The minimum absolute atomic E-state index is 0.00546. The number of furan rings is 1. The lowest BCUT2D eigenvalue weighted by molar-refractivity contribution is -0.123. The predicted octanol–water partition coefficient (Wildman–Crippen LogP) is 1.48. The van der Waals surface area contributed by atoms with Gasteiger partial charge in [0.2, 0.25) is 5.91 Å². The van der Waals surface area contributed by atoms with Crippen LogP contribution in [0.3, 0.4) is 0 Å². The quantitative estimate of drug-likeness (QED) is 0.769. The molecule has 0 saturated heterocycles. The van der Waals surface area contributed by atoms with Crippen LogP contribution in [0.5, 0.6) is 0 Å². The van der Waals surface area contributed by atoms with Gasteiger partial charge in [0, 0.05) is 6.54 Å². The fourth-order valence-electron chi connectivity index (χ4n) is 1.49. The lowest BCUT2D eigenvalue weighted by atomic mass is 10.0. The number of carbonyl (C=O) groups is 1. The smallest absolute Gasteiger partial charge is 0.230 e. The predicted molar refractivity (Wildman–Crippen MR) is 63.0 cm³/mol. The maximum atomic E-state index is 11.9. The number of nitrogens with one attached hydrogen (secondary N) is 1. The first-order valence-electron chi connectivity index (χ1n) is 5.66. The molecule has 1 unspecified atom stereocenters. The molecule has 1 amide bonds. The number of hydrogen-bond donors (Lipinski definition) is 2. The Morgan fingerprint density at radius 3 is 2.81 bits per heavy atom. The van der Waals surface area contributed by atoms with Crippen molar-refractivity contribution in [2.45, 2.75) is 26.2 Å². The molecule has 4 heteroatoms. The maximum absolute atomic E-state index is 11.9. The molecule has 0 spiro atoms. The van der Waals surface area contributed by atoms with Gasteiger partial charge in [-0.2, -0.15) is 0 Å². The monoisotopic (exact) mass is 224 g/mol. The molecule has 1 rings (SSSR count). The molecular weight excluding hydrogens is 204 g/mol. The van der Waals surface area contributed by atoms with Gasteiger partial charge in [-0.1, -0.05) is 13.8 Å². The molecule has 0 radical (unpaired) electrons. The van der Waals surface area contributed by atoms with Crippen LogP contribution in [0.2, 0.25) is 0 Å². The molecule has 1 heterocycles. The third-order valence-corrected chi connectivity index (χ3v) is 2.34. The van der Waals surface area contributed by atoms with Crippen molar-refractivity contribution in [3.63, 3.8) is 0 Å². The van der Waals surface area contributed by atoms with Crippen LogP contribution in [-0.4, -0.2) is 19.0 Å². The molecule has 0 aliphatic heterocycles.